The van der Waals surface area contributed by atoms with E-state index in [1.807, 2.05) is 90.6 Å². The van der Waals surface area contributed by atoms with E-state index >= 15 is 0 Å². The van der Waals surface area contributed by atoms with Crippen molar-refractivity contribution in [2.75, 3.05) is 12.4 Å². The average molecular weight is 732 g/mol. The van der Waals surface area contributed by atoms with E-state index in [2.05, 4.69) is 12.1 Å². The number of carbonyl (C=O) groups is 3. The molecule has 2 atom stereocenters. The zero-order valence-corrected chi connectivity index (χ0v) is 30.1. The molecule has 0 bridgehead atoms. The van der Waals surface area contributed by atoms with Gasteiger partial charge >= 0.3 is 17.9 Å². The summed E-state index contributed by atoms with van der Waals surface area (Å²) in [6.45, 7) is 3.52. The number of aliphatic hydroxyl groups excluding tert-OH is 1. The van der Waals surface area contributed by atoms with E-state index in [9.17, 15) is 29.7 Å². The molecule has 51 heavy (non-hydrogen) atoms. The van der Waals surface area contributed by atoms with Crippen molar-refractivity contribution in [3.8, 4) is 0 Å². The summed E-state index contributed by atoms with van der Waals surface area (Å²) < 4.78 is 5.70. The molecule has 1 fully saturated rings. The number of aromatic nitrogens is 1. The highest BCUT2D eigenvalue weighted by Gasteiger charge is 2.43. The average Bonchev–Trinajstić information content (AvgIpc) is 3.87. The van der Waals surface area contributed by atoms with Crippen LogP contribution in [-0.4, -0.2) is 61.3 Å². The van der Waals surface area contributed by atoms with Crippen LogP contribution in [0.4, 0.5) is 0 Å². The van der Waals surface area contributed by atoms with Gasteiger partial charge in [-0.2, -0.15) is 11.8 Å². The van der Waals surface area contributed by atoms with Gasteiger partial charge in [-0.1, -0.05) is 78.3 Å². The number of aliphatic carboxylic acids is 2. The molecule has 4 aromatic rings. The second kappa shape index (κ2) is 16.0. The SMILES string of the molecule is CC(C)(OC(=O)CC(O)(CC(=O)O)C(=O)O)c1ccccc1CC[C@@H](SCC1(CO)CC1)c1cccc(C=Cc2ccc3ccc(Cl)cc3n2)c1. The Kier molecular flexibility index (Phi) is 11.9. The number of halogens is 1. The Bertz CT molecular complexity index is 1940. The molecule has 3 aromatic carbocycles. The number of esters is 1. The minimum Gasteiger partial charge on any atom is -0.481 e. The standard InChI is InChI=1S/C40H42ClNO8S/c1-38(2,50-36(46)23-40(49,37(47)48)22-35(44)45)32-9-4-3-7-27(32)13-17-34(51-25-39(24-43)18-19-39)29-8-5-6-26(20-29)10-15-31-16-12-28-11-14-30(41)21-33(28)42-31/h3-12,14-16,20-21,34,43,49H,13,17-19,22-25H2,1-2H3,(H,44,45)(H,47,48)/t34-,40?/m1/s1. The lowest BCUT2D eigenvalue weighted by molar-refractivity contribution is -0.176. The fourth-order valence-corrected chi connectivity index (χ4v) is 7.81. The normalized spacial score (nSPS) is 15.7. The Morgan fingerprint density at radius 3 is 2.43 bits per heavy atom. The van der Waals surface area contributed by atoms with Crippen molar-refractivity contribution in [3.63, 3.8) is 0 Å². The molecule has 1 aromatic heterocycles. The molecule has 1 unspecified atom stereocenters. The number of hydrogen-bond acceptors (Lipinski definition) is 8. The molecular weight excluding hydrogens is 690 g/mol. The van der Waals surface area contributed by atoms with Gasteiger partial charge in [0.1, 0.15) is 5.60 Å². The Balaban J connectivity index is 1.34. The second-order valence-corrected chi connectivity index (χ2v) is 15.4. The molecule has 0 radical (unpaired) electrons. The number of nitrogens with zero attached hydrogens (tertiary/aromatic N) is 1. The van der Waals surface area contributed by atoms with E-state index in [0.717, 1.165) is 58.3 Å². The summed E-state index contributed by atoms with van der Waals surface area (Å²) in [4.78, 5) is 40.4. The Hall–Kier alpha value is -4.22. The fraction of sp³-hybridized carbons (Fsp3) is 0.350. The monoisotopic (exact) mass is 731 g/mol. The van der Waals surface area contributed by atoms with Crippen molar-refractivity contribution < 1.29 is 39.5 Å². The van der Waals surface area contributed by atoms with Crippen LogP contribution < -0.4 is 0 Å². The molecule has 1 heterocycles. The molecule has 9 nitrogen and oxygen atoms in total. The van der Waals surface area contributed by atoms with Crippen LogP contribution in [0.1, 0.15) is 79.1 Å². The van der Waals surface area contributed by atoms with Gasteiger partial charge in [0.05, 0.1) is 24.1 Å². The predicted molar refractivity (Wildman–Crippen MR) is 199 cm³/mol. The van der Waals surface area contributed by atoms with Crippen LogP contribution in [0.25, 0.3) is 23.1 Å². The lowest BCUT2D eigenvalue weighted by atomic mass is 9.89. The van der Waals surface area contributed by atoms with E-state index in [-0.39, 0.29) is 17.3 Å². The smallest absolute Gasteiger partial charge is 0.336 e. The van der Waals surface area contributed by atoms with E-state index in [4.69, 9.17) is 26.4 Å². The highest BCUT2D eigenvalue weighted by molar-refractivity contribution is 7.99. The number of pyridine rings is 1. The number of aliphatic hydroxyl groups is 2. The lowest BCUT2D eigenvalue weighted by Gasteiger charge is -2.30. The first-order valence-corrected chi connectivity index (χ1v) is 18.2. The van der Waals surface area contributed by atoms with Crippen LogP contribution >= 0.6 is 23.4 Å². The molecule has 0 amide bonds. The molecule has 0 saturated heterocycles. The quantitative estimate of drug-likeness (QED) is 0.0795. The largest absolute Gasteiger partial charge is 0.481 e. The summed E-state index contributed by atoms with van der Waals surface area (Å²) in [5, 5.41) is 40.6. The molecule has 4 N–H and O–H groups in total. The number of carbonyl (C=O) groups excluding carboxylic acids is 1. The van der Waals surface area contributed by atoms with Gasteiger partial charge in [0.2, 0.25) is 0 Å². The van der Waals surface area contributed by atoms with Gasteiger partial charge in [0, 0.05) is 33.4 Å². The highest BCUT2D eigenvalue weighted by Crippen LogP contribution is 2.50. The zero-order chi connectivity index (χ0) is 36.8. The summed E-state index contributed by atoms with van der Waals surface area (Å²) >= 11 is 8.01. The van der Waals surface area contributed by atoms with Crippen molar-refractivity contribution in [3.05, 3.63) is 112 Å². The van der Waals surface area contributed by atoms with Gasteiger partial charge in [-0.25, -0.2) is 9.78 Å². The summed E-state index contributed by atoms with van der Waals surface area (Å²) in [6.07, 6.45) is 5.23. The topological polar surface area (TPSA) is 154 Å². The van der Waals surface area contributed by atoms with Gasteiger partial charge in [-0.15, -0.1) is 0 Å². The van der Waals surface area contributed by atoms with Gasteiger partial charge in [0.25, 0.3) is 0 Å². The van der Waals surface area contributed by atoms with Gasteiger partial charge < -0.3 is 25.2 Å². The number of thioether (sulfide) groups is 1. The maximum Gasteiger partial charge on any atom is 0.336 e. The van der Waals surface area contributed by atoms with E-state index in [1.54, 1.807) is 13.8 Å². The summed E-state index contributed by atoms with van der Waals surface area (Å²) in [6, 6.07) is 25.5. The number of fused-ring (bicyclic) bond motifs is 1. The van der Waals surface area contributed by atoms with Crippen molar-refractivity contribution >= 4 is 64.3 Å². The predicted octanol–water partition coefficient (Wildman–Crippen LogP) is 7.70. The van der Waals surface area contributed by atoms with Crippen LogP contribution in [0.15, 0.2) is 78.9 Å². The van der Waals surface area contributed by atoms with Crippen LogP contribution in [-0.2, 0) is 31.1 Å². The maximum absolute atomic E-state index is 12.9. The lowest BCUT2D eigenvalue weighted by Crippen LogP contribution is -2.44. The number of carboxylic acids is 2. The molecule has 268 valence electrons. The van der Waals surface area contributed by atoms with Crippen molar-refractivity contribution in [2.24, 2.45) is 5.41 Å². The minimum absolute atomic E-state index is 0.0440. The molecule has 1 aliphatic rings. The third kappa shape index (κ3) is 9.98. The van der Waals surface area contributed by atoms with Crippen molar-refractivity contribution in [1.29, 1.82) is 0 Å². The molecule has 1 saturated carbocycles. The molecule has 1 aliphatic carbocycles. The highest BCUT2D eigenvalue weighted by atomic mass is 35.5. The number of ether oxygens (including phenoxy) is 1. The number of carboxylic acid groups (broad SMARTS) is 2. The van der Waals surface area contributed by atoms with Gasteiger partial charge in [-0.3, -0.25) is 9.59 Å². The van der Waals surface area contributed by atoms with E-state index < -0.39 is 42.0 Å². The molecule has 5 rings (SSSR count). The first-order valence-electron chi connectivity index (χ1n) is 16.8. The number of rotatable bonds is 17. The van der Waals surface area contributed by atoms with Crippen LogP contribution in [0.2, 0.25) is 5.02 Å². The third-order valence-electron chi connectivity index (χ3n) is 9.28. The first-order chi connectivity index (χ1) is 24.2. The Morgan fingerprint density at radius 2 is 1.73 bits per heavy atom. The molecule has 0 spiro atoms. The molecule has 11 heteroatoms. The molecule has 0 aliphatic heterocycles. The van der Waals surface area contributed by atoms with Gasteiger partial charge in [-0.05, 0) is 86.1 Å². The van der Waals surface area contributed by atoms with Crippen LogP contribution in [0.5, 0.6) is 0 Å². The van der Waals surface area contributed by atoms with Crippen LogP contribution in [0.3, 0.4) is 0 Å². The minimum atomic E-state index is -2.79. The maximum atomic E-state index is 12.9. The Morgan fingerprint density at radius 1 is 0.980 bits per heavy atom. The fourth-order valence-electron chi connectivity index (χ4n) is 6.08. The van der Waals surface area contributed by atoms with Gasteiger partial charge in [0.15, 0.2) is 5.60 Å². The van der Waals surface area contributed by atoms with E-state index in [1.165, 1.54) is 0 Å². The van der Waals surface area contributed by atoms with Crippen LogP contribution in [0, 0.1) is 5.41 Å². The second-order valence-electron chi connectivity index (χ2n) is 13.8. The van der Waals surface area contributed by atoms with Crippen molar-refractivity contribution in [1.82, 2.24) is 4.98 Å². The third-order valence-corrected chi connectivity index (χ3v) is 11.2. The number of aryl methyl sites for hydroxylation is 1. The van der Waals surface area contributed by atoms with Crippen molar-refractivity contribution in [2.45, 2.75) is 68.8 Å². The summed E-state index contributed by atoms with van der Waals surface area (Å²) in [5.74, 6) is -3.56. The first kappa shape index (κ1) is 38.0. The molecular formula is C40H42ClNO8S. The number of benzene rings is 3. The summed E-state index contributed by atoms with van der Waals surface area (Å²) in [5.41, 5.74) is 1.41. The summed E-state index contributed by atoms with van der Waals surface area (Å²) in [7, 11) is 0. The Labute approximate surface area is 306 Å². The van der Waals surface area contributed by atoms with E-state index in [0.29, 0.717) is 17.0 Å². The zero-order valence-electron chi connectivity index (χ0n) is 28.5. The number of hydrogen-bond donors (Lipinski definition) is 4.